The molecule has 5 nitrogen and oxygen atoms in total. The van der Waals surface area contributed by atoms with E-state index in [2.05, 4.69) is 0 Å². The third-order valence-corrected chi connectivity index (χ3v) is 3.26. The highest BCUT2D eigenvalue weighted by Crippen LogP contribution is 2.18. The summed E-state index contributed by atoms with van der Waals surface area (Å²) in [5, 5.41) is -1.12. The summed E-state index contributed by atoms with van der Waals surface area (Å²) < 4.78 is 34.8. The predicted molar refractivity (Wildman–Crippen MR) is 60.7 cm³/mol. The molecule has 1 N–H and O–H groups in total. The van der Waals surface area contributed by atoms with E-state index in [-0.39, 0.29) is 18.4 Å². The summed E-state index contributed by atoms with van der Waals surface area (Å²) in [6.07, 6.45) is 0.391. The van der Waals surface area contributed by atoms with Crippen molar-refractivity contribution in [1.29, 1.82) is 0 Å². The lowest BCUT2D eigenvalue weighted by Gasteiger charge is -2.17. The van der Waals surface area contributed by atoms with Crippen LogP contribution in [0.4, 0.5) is 0 Å². The van der Waals surface area contributed by atoms with E-state index in [0.717, 1.165) is 0 Å². The molecule has 0 saturated carbocycles. The van der Waals surface area contributed by atoms with Crippen LogP contribution in [0.3, 0.4) is 0 Å². The molecule has 0 spiro atoms. The van der Waals surface area contributed by atoms with E-state index >= 15 is 0 Å². The van der Waals surface area contributed by atoms with Crippen molar-refractivity contribution < 1.29 is 22.5 Å². The topological polar surface area (TPSA) is 80.7 Å². The number of hydrogen-bond donors (Lipinski definition) is 1. The smallest absolute Gasteiger partial charge is 0.307 e. The molecule has 0 aliphatic rings. The molecule has 0 aliphatic heterocycles. The number of hydrogen-bond acceptors (Lipinski definition) is 4. The zero-order valence-electron chi connectivity index (χ0n) is 10.2. The van der Waals surface area contributed by atoms with Gasteiger partial charge in [-0.05, 0) is 18.8 Å². The Morgan fingerprint density at radius 1 is 1.38 bits per heavy atom. The zero-order chi connectivity index (χ0) is 13.0. The van der Waals surface area contributed by atoms with E-state index in [0.29, 0.717) is 6.42 Å². The van der Waals surface area contributed by atoms with E-state index in [1.807, 2.05) is 20.8 Å². The third-order valence-electron chi connectivity index (χ3n) is 2.08. The molecule has 0 amide bonds. The molecule has 0 fully saturated rings. The quantitative estimate of drug-likeness (QED) is 0.594. The second-order valence-corrected chi connectivity index (χ2v) is 6.90. The Bertz CT molecular complexity index is 326. The summed E-state index contributed by atoms with van der Waals surface area (Å²) in [5.41, 5.74) is 0.0644. The first-order valence-corrected chi connectivity index (χ1v) is 6.64. The number of carbonyl (C=O) groups is 1. The molecule has 0 aromatic carbocycles. The Morgan fingerprint density at radius 2 is 1.88 bits per heavy atom. The average Bonchev–Trinajstić information content (AvgIpc) is 1.99. The SMILES string of the molecule is CC(CC(=O)OCCC(C)(C)C)S(=O)(=O)O. The lowest BCUT2D eigenvalue weighted by atomic mass is 9.93. The van der Waals surface area contributed by atoms with Gasteiger partial charge in [-0.15, -0.1) is 0 Å². The molecular weight excluding hydrogens is 232 g/mol. The molecule has 0 aromatic rings. The van der Waals surface area contributed by atoms with Gasteiger partial charge in [0.15, 0.2) is 0 Å². The van der Waals surface area contributed by atoms with Crippen molar-refractivity contribution in [2.75, 3.05) is 6.61 Å². The lowest BCUT2D eigenvalue weighted by molar-refractivity contribution is -0.144. The Balaban J connectivity index is 3.94. The zero-order valence-corrected chi connectivity index (χ0v) is 11.0. The van der Waals surface area contributed by atoms with Crippen LogP contribution in [0.15, 0.2) is 0 Å². The fraction of sp³-hybridized carbons (Fsp3) is 0.900. The first-order valence-electron chi connectivity index (χ1n) is 5.14. The van der Waals surface area contributed by atoms with Gasteiger partial charge in [-0.3, -0.25) is 9.35 Å². The van der Waals surface area contributed by atoms with Crippen LogP contribution in [0, 0.1) is 5.41 Å². The Labute approximate surface area is 96.9 Å². The van der Waals surface area contributed by atoms with Crippen LogP contribution in [0.1, 0.15) is 40.5 Å². The van der Waals surface area contributed by atoms with Crippen molar-refractivity contribution in [3.8, 4) is 0 Å². The molecule has 0 saturated heterocycles. The van der Waals surface area contributed by atoms with Gasteiger partial charge in [-0.1, -0.05) is 20.8 Å². The van der Waals surface area contributed by atoms with Gasteiger partial charge in [-0.25, -0.2) is 0 Å². The maximum absolute atomic E-state index is 11.2. The molecule has 1 atom stereocenters. The largest absolute Gasteiger partial charge is 0.466 e. The standard InChI is InChI=1S/C10H20O5S/c1-8(16(12,13)14)7-9(11)15-6-5-10(2,3)4/h8H,5-7H2,1-4H3,(H,12,13,14). The average molecular weight is 252 g/mol. The van der Waals surface area contributed by atoms with Crippen molar-refractivity contribution in [1.82, 2.24) is 0 Å². The predicted octanol–water partition coefficient (Wildman–Crippen LogP) is 1.63. The second-order valence-electron chi connectivity index (χ2n) is 5.06. The van der Waals surface area contributed by atoms with Crippen LogP contribution in [-0.4, -0.2) is 30.8 Å². The third kappa shape index (κ3) is 7.64. The van der Waals surface area contributed by atoms with Gasteiger partial charge in [0, 0.05) is 0 Å². The van der Waals surface area contributed by atoms with E-state index in [9.17, 15) is 13.2 Å². The minimum Gasteiger partial charge on any atom is -0.466 e. The monoisotopic (exact) mass is 252 g/mol. The summed E-state index contributed by atoms with van der Waals surface area (Å²) in [6.45, 7) is 7.58. The molecule has 96 valence electrons. The highest BCUT2D eigenvalue weighted by Gasteiger charge is 2.22. The molecule has 0 heterocycles. The van der Waals surface area contributed by atoms with Gasteiger partial charge >= 0.3 is 5.97 Å². The van der Waals surface area contributed by atoms with E-state index in [4.69, 9.17) is 9.29 Å². The molecule has 1 unspecified atom stereocenters. The fourth-order valence-electron chi connectivity index (χ4n) is 0.870. The molecule has 0 rings (SSSR count). The number of rotatable bonds is 5. The Kier molecular flexibility index (Phi) is 5.41. The minimum absolute atomic E-state index is 0.0644. The number of esters is 1. The van der Waals surface area contributed by atoms with Gasteiger partial charge in [0.05, 0.1) is 18.3 Å². The highest BCUT2D eigenvalue weighted by atomic mass is 32.2. The van der Waals surface area contributed by atoms with Crippen molar-refractivity contribution in [2.24, 2.45) is 5.41 Å². The van der Waals surface area contributed by atoms with E-state index in [1.54, 1.807) is 0 Å². The van der Waals surface area contributed by atoms with Crippen LogP contribution in [0.2, 0.25) is 0 Å². The number of carbonyl (C=O) groups excluding carboxylic acids is 1. The molecule has 6 heteroatoms. The van der Waals surface area contributed by atoms with Crippen molar-refractivity contribution in [2.45, 2.75) is 45.8 Å². The van der Waals surface area contributed by atoms with Crippen LogP contribution in [0.5, 0.6) is 0 Å². The second kappa shape index (κ2) is 5.63. The van der Waals surface area contributed by atoms with Crippen LogP contribution in [-0.2, 0) is 19.6 Å². The maximum Gasteiger partial charge on any atom is 0.307 e. The molecular formula is C10H20O5S. The molecule has 0 bridgehead atoms. The van der Waals surface area contributed by atoms with E-state index in [1.165, 1.54) is 6.92 Å². The van der Waals surface area contributed by atoms with Crippen molar-refractivity contribution >= 4 is 16.1 Å². The first kappa shape index (κ1) is 15.4. The number of ether oxygens (including phenoxy) is 1. The van der Waals surface area contributed by atoms with Gasteiger partial charge in [-0.2, -0.15) is 8.42 Å². The molecule has 16 heavy (non-hydrogen) atoms. The molecule has 0 aromatic heterocycles. The highest BCUT2D eigenvalue weighted by molar-refractivity contribution is 7.86. The summed E-state index contributed by atoms with van der Waals surface area (Å²) in [5.74, 6) is -0.602. The van der Waals surface area contributed by atoms with Gasteiger partial charge < -0.3 is 4.74 Å². The maximum atomic E-state index is 11.2. The first-order chi connectivity index (χ1) is 7.02. The van der Waals surface area contributed by atoms with Crippen LogP contribution >= 0.6 is 0 Å². The molecule has 0 aliphatic carbocycles. The Hall–Kier alpha value is -0.620. The van der Waals surface area contributed by atoms with Crippen molar-refractivity contribution in [3.63, 3.8) is 0 Å². The van der Waals surface area contributed by atoms with Crippen LogP contribution < -0.4 is 0 Å². The van der Waals surface area contributed by atoms with E-state index < -0.39 is 21.3 Å². The summed E-state index contributed by atoms with van der Waals surface area (Å²) in [7, 11) is -4.15. The fourth-order valence-corrected chi connectivity index (χ4v) is 1.22. The normalized spacial score (nSPS) is 14.6. The minimum atomic E-state index is -4.15. The Morgan fingerprint density at radius 3 is 2.25 bits per heavy atom. The van der Waals surface area contributed by atoms with Gasteiger partial charge in [0.1, 0.15) is 0 Å². The van der Waals surface area contributed by atoms with Gasteiger partial charge in [0.25, 0.3) is 10.1 Å². The summed E-state index contributed by atoms with van der Waals surface area (Å²) in [6, 6.07) is 0. The lowest BCUT2D eigenvalue weighted by Crippen LogP contribution is -2.22. The summed E-state index contributed by atoms with van der Waals surface area (Å²) >= 11 is 0. The summed E-state index contributed by atoms with van der Waals surface area (Å²) in [4.78, 5) is 11.2. The van der Waals surface area contributed by atoms with Gasteiger partial charge in [0.2, 0.25) is 0 Å². The van der Waals surface area contributed by atoms with Crippen LogP contribution in [0.25, 0.3) is 0 Å². The molecule has 0 radical (unpaired) electrons. The van der Waals surface area contributed by atoms with Crippen molar-refractivity contribution in [3.05, 3.63) is 0 Å².